The van der Waals surface area contributed by atoms with Crippen molar-refractivity contribution in [1.82, 2.24) is 4.90 Å². The van der Waals surface area contributed by atoms with Crippen molar-refractivity contribution in [1.29, 1.82) is 0 Å². The molecule has 1 atom stereocenters. The lowest BCUT2D eigenvalue weighted by molar-refractivity contribution is -0.137. The van der Waals surface area contributed by atoms with Crippen LogP contribution in [-0.4, -0.2) is 40.7 Å². The molecule has 0 saturated heterocycles. The number of aliphatic hydroxyl groups is 1. The molecule has 1 aromatic carbocycles. The van der Waals surface area contributed by atoms with Crippen LogP contribution in [-0.2, 0) is 4.79 Å². The topological polar surface area (TPSA) is 60.8 Å². The molecule has 0 aliphatic heterocycles. The van der Waals surface area contributed by atoms with Gasteiger partial charge in [0.15, 0.2) is 0 Å². The van der Waals surface area contributed by atoms with Gasteiger partial charge in [0.2, 0.25) is 0 Å². The average Bonchev–Trinajstić information content (AvgIpc) is 2.37. The van der Waals surface area contributed by atoms with Crippen molar-refractivity contribution in [2.45, 2.75) is 32.8 Å². The number of hydrogen-bond donors (Lipinski definition) is 2. The van der Waals surface area contributed by atoms with Crippen LogP contribution >= 0.6 is 0 Å². The molecule has 2 N–H and O–H groups in total. The summed E-state index contributed by atoms with van der Waals surface area (Å²) in [6, 6.07) is 7.84. The van der Waals surface area contributed by atoms with Crippen LogP contribution in [0.4, 0.5) is 0 Å². The van der Waals surface area contributed by atoms with Crippen LogP contribution in [0.2, 0.25) is 0 Å². The van der Waals surface area contributed by atoms with E-state index in [0.29, 0.717) is 19.5 Å². The largest absolute Gasteiger partial charge is 0.481 e. The quantitative estimate of drug-likeness (QED) is 0.756. The van der Waals surface area contributed by atoms with Crippen molar-refractivity contribution in [3.63, 3.8) is 0 Å². The average molecular weight is 265 g/mol. The van der Waals surface area contributed by atoms with Crippen molar-refractivity contribution in [3.8, 4) is 0 Å². The normalized spacial score (nSPS) is 12.6. The van der Waals surface area contributed by atoms with Gasteiger partial charge in [-0.15, -0.1) is 0 Å². The van der Waals surface area contributed by atoms with Gasteiger partial charge in [0.05, 0.1) is 6.10 Å². The van der Waals surface area contributed by atoms with Crippen LogP contribution in [0.25, 0.3) is 0 Å². The maximum atomic E-state index is 10.5. The summed E-state index contributed by atoms with van der Waals surface area (Å²) >= 11 is 0. The van der Waals surface area contributed by atoms with E-state index in [1.165, 1.54) is 5.56 Å². The predicted molar refractivity (Wildman–Crippen MR) is 75.1 cm³/mol. The molecule has 0 aliphatic rings. The number of hydrogen-bond acceptors (Lipinski definition) is 3. The molecule has 0 radical (unpaired) electrons. The summed E-state index contributed by atoms with van der Waals surface area (Å²) in [5.41, 5.74) is 2.08. The van der Waals surface area contributed by atoms with Crippen LogP contribution in [0, 0.1) is 6.92 Å². The second kappa shape index (κ2) is 7.92. The van der Waals surface area contributed by atoms with Crippen molar-refractivity contribution in [3.05, 3.63) is 35.4 Å². The van der Waals surface area contributed by atoms with Crippen LogP contribution in [0.15, 0.2) is 24.3 Å². The van der Waals surface area contributed by atoms with Crippen molar-refractivity contribution < 1.29 is 15.0 Å². The van der Waals surface area contributed by atoms with Crippen molar-refractivity contribution >= 4 is 5.97 Å². The molecule has 0 heterocycles. The van der Waals surface area contributed by atoms with Crippen molar-refractivity contribution in [2.75, 3.05) is 19.6 Å². The smallest absolute Gasteiger partial charge is 0.303 e. The second-order valence-corrected chi connectivity index (χ2v) is 4.82. The summed E-state index contributed by atoms with van der Waals surface area (Å²) in [5.74, 6) is -0.768. The van der Waals surface area contributed by atoms with Crippen LogP contribution in [0.1, 0.15) is 37.0 Å². The van der Waals surface area contributed by atoms with Gasteiger partial charge in [0, 0.05) is 13.0 Å². The third-order valence-electron chi connectivity index (χ3n) is 3.21. The zero-order valence-electron chi connectivity index (χ0n) is 11.7. The first-order chi connectivity index (χ1) is 9.02. The lowest BCUT2D eigenvalue weighted by atomic mass is 10.1. The molecule has 0 aromatic heterocycles. The molecule has 0 spiro atoms. The summed E-state index contributed by atoms with van der Waals surface area (Å²) < 4.78 is 0. The van der Waals surface area contributed by atoms with Gasteiger partial charge in [-0.1, -0.05) is 36.8 Å². The number of rotatable bonds is 8. The first-order valence-electron chi connectivity index (χ1n) is 6.71. The summed E-state index contributed by atoms with van der Waals surface area (Å²) in [6.45, 7) is 6.08. The molecular formula is C15H23NO3. The number of nitrogens with zero attached hydrogens (tertiary/aromatic N) is 1. The Bertz CT molecular complexity index is 389. The fourth-order valence-corrected chi connectivity index (χ4v) is 1.97. The molecule has 0 aliphatic carbocycles. The van der Waals surface area contributed by atoms with E-state index in [0.717, 1.165) is 12.1 Å². The van der Waals surface area contributed by atoms with E-state index >= 15 is 0 Å². The molecular weight excluding hydrogens is 242 g/mol. The third-order valence-corrected chi connectivity index (χ3v) is 3.21. The molecule has 4 heteroatoms. The highest BCUT2D eigenvalue weighted by atomic mass is 16.4. The fourth-order valence-electron chi connectivity index (χ4n) is 1.97. The lowest BCUT2D eigenvalue weighted by Gasteiger charge is -2.23. The molecule has 0 bridgehead atoms. The molecule has 19 heavy (non-hydrogen) atoms. The third kappa shape index (κ3) is 5.85. The highest BCUT2D eigenvalue weighted by Crippen LogP contribution is 2.15. The number of aliphatic hydroxyl groups excluding tert-OH is 1. The highest BCUT2D eigenvalue weighted by Gasteiger charge is 2.12. The van der Waals surface area contributed by atoms with Gasteiger partial charge in [0.1, 0.15) is 0 Å². The van der Waals surface area contributed by atoms with E-state index in [-0.39, 0.29) is 6.42 Å². The first-order valence-corrected chi connectivity index (χ1v) is 6.71. The van der Waals surface area contributed by atoms with Gasteiger partial charge >= 0.3 is 5.97 Å². The summed E-state index contributed by atoms with van der Waals surface area (Å²) in [7, 11) is 0. The van der Waals surface area contributed by atoms with E-state index in [2.05, 4.69) is 4.90 Å². The molecule has 0 saturated carbocycles. The van der Waals surface area contributed by atoms with Gasteiger partial charge in [-0.05, 0) is 32.0 Å². The van der Waals surface area contributed by atoms with E-state index in [1.807, 2.05) is 38.1 Å². The number of benzene rings is 1. The Balaban J connectivity index is 2.45. The van der Waals surface area contributed by atoms with E-state index in [1.54, 1.807) is 0 Å². The Labute approximate surface area is 114 Å². The van der Waals surface area contributed by atoms with E-state index < -0.39 is 12.1 Å². The number of carbonyl (C=O) groups is 1. The number of carboxylic acid groups (broad SMARTS) is 1. The van der Waals surface area contributed by atoms with Crippen LogP contribution in [0.3, 0.4) is 0 Å². The van der Waals surface area contributed by atoms with Crippen molar-refractivity contribution in [2.24, 2.45) is 0 Å². The Morgan fingerprint density at radius 2 is 1.95 bits per heavy atom. The lowest BCUT2D eigenvalue weighted by Crippen LogP contribution is -2.29. The molecule has 1 rings (SSSR count). The van der Waals surface area contributed by atoms with Crippen LogP contribution < -0.4 is 0 Å². The summed E-state index contributed by atoms with van der Waals surface area (Å²) in [5, 5.41) is 18.8. The molecule has 4 nitrogen and oxygen atoms in total. The number of aliphatic carboxylic acids is 1. The zero-order chi connectivity index (χ0) is 14.3. The Morgan fingerprint density at radius 3 is 2.47 bits per heavy atom. The SMILES string of the molecule is CCN(CCCC(=O)O)CC(O)c1ccc(C)cc1. The molecule has 106 valence electrons. The maximum Gasteiger partial charge on any atom is 0.303 e. The number of aryl methyl sites for hydroxylation is 1. The van der Waals surface area contributed by atoms with E-state index in [4.69, 9.17) is 5.11 Å². The molecule has 0 fully saturated rings. The Hall–Kier alpha value is -1.39. The molecule has 0 amide bonds. The number of likely N-dealkylation sites (N-methyl/N-ethyl adjacent to an activating group) is 1. The number of carboxylic acids is 1. The molecule has 1 unspecified atom stereocenters. The minimum Gasteiger partial charge on any atom is -0.481 e. The minimum atomic E-state index is -0.768. The summed E-state index contributed by atoms with van der Waals surface area (Å²) in [4.78, 5) is 12.6. The molecule has 1 aromatic rings. The van der Waals surface area contributed by atoms with E-state index in [9.17, 15) is 9.90 Å². The monoisotopic (exact) mass is 265 g/mol. The minimum absolute atomic E-state index is 0.178. The van der Waals surface area contributed by atoms with Gasteiger partial charge in [0.25, 0.3) is 0 Å². The maximum absolute atomic E-state index is 10.5. The highest BCUT2D eigenvalue weighted by molar-refractivity contribution is 5.66. The zero-order valence-corrected chi connectivity index (χ0v) is 11.7. The Kier molecular flexibility index (Phi) is 6.53. The Morgan fingerprint density at radius 1 is 1.32 bits per heavy atom. The summed E-state index contributed by atoms with van der Waals surface area (Å²) in [6.07, 6.45) is 0.270. The standard InChI is InChI=1S/C15H23NO3/c1-3-16(10-4-5-15(18)19)11-14(17)13-8-6-12(2)7-9-13/h6-9,14,17H,3-5,10-11H2,1-2H3,(H,18,19). The first kappa shape index (κ1) is 15.7. The fraction of sp³-hybridized carbons (Fsp3) is 0.533. The van der Waals surface area contributed by atoms with Gasteiger partial charge in [-0.2, -0.15) is 0 Å². The van der Waals surface area contributed by atoms with Gasteiger partial charge < -0.3 is 15.1 Å². The second-order valence-electron chi connectivity index (χ2n) is 4.82. The van der Waals surface area contributed by atoms with Gasteiger partial charge in [-0.25, -0.2) is 0 Å². The predicted octanol–water partition coefficient (Wildman–Crippen LogP) is 2.22. The van der Waals surface area contributed by atoms with Gasteiger partial charge in [-0.3, -0.25) is 4.79 Å². The van der Waals surface area contributed by atoms with Crippen LogP contribution in [0.5, 0.6) is 0 Å².